The van der Waals surface area contributed by atoms with Gasteiger partial charge in [0.05, 0.1) is 11.4 Å². The van der Waals surface area contributed by atoms with E-state index in [-0.39, 0.29) is 24.6 Å². The minimum atomic E-state index is -1.08. The molecule has 0 radical (unpaired) electrons. The molecule has 0 aliphatic rings. The van der Waals surface area contributed by atoms with Crippen LogP contribution in [0.1, 0.15) is 13.8 Å². The Morgan fingerprint density at radius 3 is 2.64 bits per heavy atom. The van der Waals surface area contributed by atoms with Gasteiger partial charge in [-0.25, -0.2) is 4.68 Å². The maximum Gasteiger partial charge on any atom is 0.266 e. The number of carbonyl (C=O) groups is 1. The van der Waals surface area contributed by atoms with Gasteiger partial charge in [0.25, 0.3) is 11.5 Å². The monoisotopic (exact) mass is 417 g/mol. The van der Waals surface area contributed by atoms with Crippen LogP contribution in [0, 0.1) is 0 Å². The maximum atomic E-state index is 12.5. The van der Waals surface area contributed by atoms with E-state index in [2.05, 4.69) is 10.4 Å². The predicted molar refractivity (Wildman–Crippen MR) is 111 cm³/mol. The Labute approximate surface area is 171 Å². The summed E-state index contributed by atoms with van der Waals surface area (Å²) < 4.78 is 7.11. The van der Waals surface area contributed by atoms with Crippen LogP contribution in [0.15, 0.2) is 58.7 Å². The third-order valence-corrected chi connectivity index (χ3v) is 5.13. The van der Waals surface area contributed by atoms with Crippen molar-refractivity contribution in [2.45, 2.75) is 26.0 Å². The van der Waals surface area contributed by atoms with E-state index in [0.717, 1.165) is 10.6 Å². The molecule has 3 aromatic rings. The molecule has 2 aromatic heterocycles. The molecule has 3 rings (SSSR count). The van der Waals surface area contributed by atoms with Gasteiger partial charge in [-0.15, -0.1) is 11.3 Å². The first kappa shape index (κ1) is 20.1. The average molecular weight is 418 g/mol. The Kier molecular flexibility index (Phi) is 6.16. The molecule has 8 heteroatoms. The molecule has 0 atom stereocenters. The molecule has 1 N–H and O–H groups in total. The number of nitrogens with one attached hydrogen (secondary N) is 1. The summed E-state index contributed by atoms with van der Waals surface area (Å²) in [6.07, 6.45) is 0. The largest absolute Gasteiger partial charge is 0.478 e. The summed E-state index contributed by atoms with van der Waals surface area (Å²) in [6, 6.07) is 13.9. The zero-order valence-electron chi connectivity index (χ0n) is 15.5. The molecular weight excluding hydrogens is 398 g/mol. The van der Waals surface area contributed by atoms with E-state index >= 15 is 0 Å². The molecule has 0 unspecified atom stereocenters. The van der Waals surface area contributed by atoms with Gasteiger partial charge in [0.2, 0.25) is 0 Å². The van der Waals surface area contributed by atoms with Gasteiger partial charge < -0.3 is 10.1 Å². The first-order valence-electron chi connectivity index (χ1n) is 8.70. The number of aromatic nitrogens is 2. The molecule has 0 bridgehead atoms. The summed E-state index contributed by atoms with van der Waals surface area (Å²) in [5, 5.41) is 9.72. The highest BCUT2D eigenvalue weighted by Gasteiger charge is 2.29. The minimum absolute atomic E-state index is 0.216. The molecule has 28 heavy (non-hydrogen) atoms. The van der Waals surface area contributed by atoms with Gasteiger partial charge in [0, 0.05) is 17.6 Å². The Bertz CT molecular complexity index is 998. The zero-order chi connectivity index (χ0) is 20.1. The molecule has 0 fully saturated rings. The lowest BCUT2D eigenvalue weighted by Crippen LogP contribution is -2.47. The van der Waals surface area contributed by atoms with Crippen LogP contribution in [0.5, 0.6) is 5.75 Å². The highest BCUT2D eigenvalue weighted by molar-refractivity contribution is 7.13. The van der Waals surface area contributed by atoms with E-state index in [1.807, 2.05) is 17.5 Å². The first-order valence-corrected chi connectivity index (χ1v) is 9.96. The Morgan fingerprint density at radius 1 is 1.21 bits per heavy atom. The molecule has 0 spiro atoms. The van der Waals surface area contributed by atoms with Crippen molar-refractivity contribution in [1.82, 2.24) is 15.1 Å². The number of halogens is 1. The van der Waals surface area contributed by atoms with E-state index in [0.29, 0.717) is 10.8 Å². The van der Waals surface area contributed by atoms with Crippen molar-refractivity contribution in [3.8, 4) is 16.3 Å². The van der Waals surface area contributed by atoms with Crippen LogP contribution in [-0.4, -0.2) is 27.8 Å². The Balaban J connectivity index is 1.59. The summed E-state index contributed by atoms with van der Waals surface area (Å²) in [5.74, 6) is 0.260. The van der Waals surface area contributed by atoms with Gasteiger partial charge >= 0.3 is 0 Å². The number of ether oxygens (including phenoxy) is 1. The van der Waals surface area contributed by atoms with Gasteiger partial charge in [-0.2, -0.15) is 5.10 Å². The average Bonchev–Trinajstić information content (AvgIpc) is 3.19. The molecule has 0 aliphatic carbocycles. The minimum Gasteiger partial charge on any atom is -0.478 e. The smallest absolute Gasteiger partial charge is 0.266 e. The second-order valence-corrected chi connectivity index (χ2v) is 7.96. The van der Waals surface area contributed by atoms with Gasteiger partial charge in [-0.3, -0.25) is 9.59 Å². The molecule has 6 nitrogen and oxygen atoms in total. The standard InChI is InChI=1S/C20H20ClN3O3S/c1-20(2,27-15-7-5-14(21)6-8-15)19(26)22-11-12-24-18(25)10-9-16(23-24)17-4-3-13-28-17/h3-10,13H,11-12H2,1-2H3,(H,22,26). The highest BCUT2D eigenvalue weighted by atomic mass is 35.5. The topological polar surface area (TPSA) is 73.2 Å². The predicted octanol–water partition coefficient (Wildman–Crippen LogP) is 3.60. The Hall–Kier alpha value is -2.64. The zero-order valence-corrected chi connectivity index (χ0v) is 17.1. The third kappa shape index (κ3) is 4.99. The van der Waals surface area contributed by atoms with Gasteiger partial charge in [0.1, 0.15) is 11.4 Å². The number of thiophene rings is 1. The number of carbonyl (C=O) groups excluding carboxylic acids is 1. The van der Waals surface area contributed by atoms with Gasteiger partial charge in [-0.1, -0.05) is 17.7 Å². The number of amides is 1. The van der Waals surface area contributed by atoms with E-state index < -0.39 is 5.60 Å². The molecule has 1 amide bonds. The van der Waals surface area contributed by atoms with Crippen molar-refractivity contribution in [2.75, 3.05) is 6.54 Å². The van der Waals surface area contributed by atoms with Crippen LogP contribution in [0.25, 0.3) is 10.6 Å². The molecule has 0 aliphatic heterocycles. The van der Waals surface area contributed by atoms with Crippen molar-refractivity contribution in [3.05, 3.63) is 69.3 Å². The molecule has 2 heterocycles. The fourth-order valence-corrected chi connectivity index (χ4v) is 3.31. The second kappa shape index (κ2) is 8.58. The summed E-state index contributed by atoms with van der Waals surface area (Å²) in [5.41, 5.74) is -0.566. The Morgan fingerprint density at radius 2 is 1.96 bits per heavy atom. The molecule has 0 saturated carbocycles. The lowest BCUT2D eigenvalue weighted by molar-refractivity contribution is -0.134. The van der Waals surface area contributed by atoms with Crippen LogP contribution in [0.4, 0.5) is 0 Å². The normalized spacial score (nSPS) is 11.2. The number of benzene rings is 1. The lowest BCUT2D eigenvalue weighted by atomic mass is 10.1. The van der Waals surface area contributed by atoms with Crippen LogP contribution in [0.2, 0.25) is 5.02 Å². The van der Waals surface area contributed by atoms with E-state index in [1.165, 1.54) is 10.7 Å². The number of hydrogen-bond donors (Lipinski definition) is 1. The van der Waals surface area contributed by atoms with Crippen molar-refractivity contribution in [2.24, 2.45) is 0 Å². The van der Waals surface area contributed by atoms with E-state index in [1.54, 1.807) is 55.5 Å². The van der Waals surface area contributed by atoms with Crippen molar-refractivity contribution < 1.29 is 9.53 Å². The van der Waals surface area contributed by atoms with E-state index in [9.17, 15) is 9.59 Å². The maximum absolute atomic E-state index is 12.5. The van der Waals surface area contributed by atoms with Crippen molar-refractivity contribution in [3.63, 3.8) is 0 Å². The van der Waals surface area contributed by atoms with Crippen LogP contribution < -0.4 is 15.6 Å². The summed E-state index contributed by atoms with van der Waals surface area (Å²) in [4.78, 5) is 25.5. The molecule has 1 aromatic carbocycles. The quantitative estimate of drug-likeness (QED) is 0.637. The fraction of sp³-hybridized carbons (Fsp3) is 0.250. The molecule has 146 valence electrons. The number of hydrogen-bond acceptors (Lipinski definition) is 5. The van der Waals surface area contributed by atoms with Gasteiger partial charge in [-0.05, 0) is 55.6 Å². The third-order valence-electron chi connectivity index (χ3n) is 3.98. The van der Waals surface area contributed by atoms with Crippen molar-refractivity contribution in [1.29, 1.82) is 0 Å². The number of rotatable bonds is 7. The summed E-state index contributed by atoms with van der Waals surface area (Å²) in [6.45, 7) is 3.88. The van der Waals surface area contributed by atoms with Crippen molar-refractivity contribution >= 4 is 28.8 Å². The summed E-state index contributed by atoms with van der Waals surface area (Å²) >= 11 is 7.41. The van der Waals surface area contributed by atoms with Crippen LogP contribution >= 0.6 is 22.9 Å². The second-order valence-electron chi connectivity index (χ2n) is 6.58. The lowest BCUT2D eigenvalue weighted by Gasteiger charge is -2.25. The van der Waals surface area contributed by atoms with E-state index in [4.69, 9.17) is 16.3 Å². The summed E-state index contributed by atoms with van der Waals surface area (Å²) in [7, 11) is 0. The van der Waals surface area contributed by atoms with Gasteiger partial charge in [0.15, 0.2) is 5.60 Å². The molecule has 0 saturated heterocycles. The molecular formula is C20H20ClN3O3S. The SMILES string of the molecule is CC(C)(Oc1ccc(Cl)cc1)C(=O)NCCn1nc(-c2cccs2)ccc1=O. The first-order chi connectivity index (χ1) is 13.3. The fourth-order valence-electron chi connectivity index (χ4n) is 2.50. The van der Waals surface area contributed by atoms with Crippen LogP contribution in [0.3, 0.4) is 0 Å². The van der Waals surface area contributed by atoms with Crippen LogP contribution in [-0.2, 0) is 11.3 Å². The highest BCUT2D eigenvalue weighted by Crippen LogP contribution is 2.22. The number of nitrogens with zero attached hydrogens (tertiary/aromatic N) is 2.